The van der Waals surface area contributed by atoms with Crippen molar-refractivity contribution in [3.8, 4) is 0 Å². The molecule has 5 heteroatoms. The third-order valence-electron chi connectivity index (χ3n) is 4.44. The molecule has 1 aromatic rings. The number of benzene rings is 1. The minimum atomic E-state index is -1.07. The number of hydrogen-bond acceptors (Lipinski definition) is 3. The van der Waals surface area contributed by atoms with E-state index in [2.05, 4.69) is 4.90 Å². The van der Waals surface area contributed by atoms with Crippen molar-refractivity contribution >= 4 is 11.7 Å². The summed E-state index contributed by atoms with van der Waals surface area (Å²) in [6, 6.07) is 4.83. The third kappa shape index (κ3) is 2.16. The van der Waals surface area contributed by atoms with Gasteiger partial charge in [0.1, 0.15) is 5.82 Å². The van der Waals surface area contributed by atoms with Crippen LogP contribution in [0, 0.1) is 5.82 Å². The number of aromatic carboxylic acids is 1. The number of carboxylic acid groups (broad SMARTS) is 1. The van der Waals surface area contributed by atoms with Gasteiger partial charge in [0.25, 0.3) is 0 Å². The summed E-state index contributed by atoms with van der Waals surface area (Å²) in [5.41, 5.74) is 0.308. The molecular weight excluding hydrogens is 259 g/mol. The molecule has 3 rings (SSSR count). The van der Waals surface area contributed by atoms with Crippen LogP contribution in [0.15, 0.2) is 18.2 Å². The number of piperazine rings is 1. The van der Waals surface area contributed by atoms with Gasteiger partial charge in [-0.1, -0.05) is 6.07 Å². The number of hydrogen-bond donors (Lipinski definition) is 1. The highest BCUT2D eigenvalue weighted by molar-refractivity contribution is 5.94. The van der Waals surface area contributed by atoms with E-state index in [0.29, 0.717) is 12.6 Å². The molecule has 0 amide bonds. The van der Waals surface area contributed by atoms with Gasteiger partial charge in [0.05, 0.1) is 11.3 Å². The smallest absolute Gasteiger partial charge is 0.337 e. The van der Waals surface area contributed by atoms with E-state index in [-0.39, 0.29) is 17.3 Å². The lowest BCUT2D eigenvalue weighted by Crippen LogP contribution is -2.55. The van der Waals surface area contributed by atoms with Gasteiger partial charge in [-0.25, -0.2) is 9.18 Å². The SMILES string of the molecule is CC1CN2CCCC2CN1c1c(F)cccc1C(=O)O. The second-order valence-corrected chi connectivity index (χ2v) is 5.73. The zero-order valence-electron chi connectivity index (χ0n) is 11.6. The minimum absolute atomic E-state index is 0.0586. The Morgan fingerprint density at radius 1 is 1.40 bits per heavy atom. The van der Waals surface area contributed by atoms with Crippen LogP contribution < -0.4 is 4.90 Å². The fraction of sp³-hybridized carbons (Fsp3) is 0.533. The number of halogens is 1. The van der Waals surface area contributed by atoms with E-state index in [9.17, 15) is 14.3 Å². The van der Waals surface area contributed by atoms with Crippen molar-refractivity contribution in [1.29, 1.82) is 0 Å². The van der Waals surface area contributed by atoms with E-state index < -0.39 is 11.8 Å². The first kappa shape index (κ1) is 13.4. The lowest BCUT2D eigenvalue weighted by Gasteiger charge is -2.44. The molecule has 108 valence electrons. The normalized spacial score (nSPS) is 26.6. The fourth-order valence-electron chi connectivity index (χ4n) is 3.48. The average Bonchev–Trinajstić information content (AvgIpc) is 2.84. The standard InChI is InChI=1S/C15H19FN2O2/c1-10-8-17-7-3-4-11(17)9-18(10)14-12(15(19)20)5-2-6-13(14)16/h2,5-6,10-11H,3-4,7-9H2,1H3,(H,19,20). The van der Waals surface area contributed by atoms with Gasteiger partial charge >= 0.3 is 5.97 Å². The van der Waals surface area contributed by atoms with Crippen molar-refractivity contribution in [1.82, 2.24) is 4.90 Å². The molecule has 1 aromatic carbocycles. The van der Waals surface area contributed by atoms with Crippen molar-refractivity contribution in [2.24, 2.45) is 0 Å². The van der Waals surface area contributed by atoms with E-state index in [1.807, 2.05) is 11.8 Å². The third-order valence-corrected chi connectivity index (χ3v) is 4.44. The largest absolute Gasteiger partial charge is 0.478 e. The molecule has 2 saturated heterocycles. The van der Waals surface area contributed by atoms with Crippen molar-refractivity contribution in [3.05, 3.63) is 29.6 Å². The Morgan fingerprint density at radius 2 is 2.20 bits per heavy atom. The van der Waals surface area contributed by atoms with Crippen LogP contribution in [-0.2, 0) is 0 Å². The molecule has 0 aromatic heterocycles. The number of nitrogens with zero attached hydrogens (tertiary/aromatic N) is 2. The molecule has 2 unspecified atom stereocenters. The first-order valence-corrected chi connectivity index (χ1v) is 7.10. The molecule has 2 heterocycles. The van der Waals surface area contributed by atoms with E-state index in [1.54, 1.807) is 0 Å². The van der Waals surface area contributed by atoms with E-state index >= 15 is 0 Å². The molecule has 0 radical (unpaired) electrons. The minimum Gasteiger partial charge on any atom is -0.478 e. The number of anilines is 1. The van der Waals surface area contributed by atoms with Gasteiger partial charge in [-0.05, 0) is 38.4 Å². The van der Waals surface area contributed by atoms with Crippen molar-refractivity contribution in [2.45, 2.75) is 31.8 Å². The van der Waals surface area contributed by atoms with Crippen molar-refractivity contribution < 1.29 is 14.3 Å². The quantitative estimate of drug-likeness (QED) is 0.900. The van der Waals surface area contributed by atoms with Gasteiger partial charge in [-0.3, -0.25) is 4.90 Å². The van der Waals surface area contributed by atoms with Crippen molar-refractivity contribution in [2.75, 3.05) is 24.5 Å². The summed E-state index contributed by atoms with van der Waals surface area (Å²) in [7, 11) is 0. The van der Waals surface area contributed by atoms with Crippen LogP contribution in [0.25, 0.3) is 0 Å². The molecule has 0 saturated carbocycles. The number of carboxylic acids is 1. The van der Waals surface area contributed by atoms with Gasteiger partial charge in [0.2, 0.25) is 0 Å². The van der Waals surface area contributed by atoms with Crippen LogP contribution in [0.4, 0.5) is 10.1 Å². The fourth-order valence-corrected chi connectivity index (χ4v) is 3.48. The van der Waals surface area contributed by atoms with Gasteiger partial charge < -0.3 is 10.0 Å². The summed E-state index contributed by atoms with van der Waals surface area (Å²) < 4.78 is 14.2. The molecule has 0 aliphatic carbocycles. The van der Waals surface area contributed by atoms with Crippen molar-refractivity contribution in [3.63, 3.8) is 0 Å². The highest BCUT2D eigenvalue weighted by atomic mass is 19.1. The van der Waals surface area contributed by atoms with E-state index in [0.717, 1.165) is 19.5 Å². The van der Waals surface area contributed by atoms with E-state index in [1.165, 1.54) is 24.6 Å². The predicted molar refractivity (Wildman–Crippen MR) is 74.8 cm³/mol. The molecule has 20 heavy (non-hydrogen) atoms. The second-order valence-electron chi connectivity index (χ2n) is 5.73. The summed E-state index contributed by atoms with van der Waals surface area (Å²) in [6.45, 7) is 4.72. The zero-order chi connectivity index (χ0) is 14.3. The van der Waals surface area contributed by atoms with Crippen LogP contribution in [0.1, 0.15) is 30.1 Å². The van der Waals surface area contributed by atoms with Gasteiger partial charge in [0, 0.05) is 25.2 Å². The lowest BCUT2D eigenvalue weighted by atomic mass is 10.0. The van der Waals surface area contributed by atoms with Gasteiger partial charge in [-0.15, -0.1) is 0 Å². The summed E-state index contributed by atoms with van der Waals surface area (Å²) >= 11 is 0. The second kappa shape index (κ2) is 5.05. The summed E-state index contributed by atoms with van der Waals surface area (Å²) in [4.78, 5) is 15.7. The first-order valence-electron chi connectivity index (χ1n) is 7.10. The molecular formula is C15H19FN2O2. The molecule has 2 fully saturated rings. The Labute approximate surface area is 117 Å². The Hall–Kier alpha value is -1.62. The number of carbonyl (C=O) groups is 1. The average molecular weight is 278 g/mol. The van der Waals surface area contributed by atoms with Crippen LogP contribution in [0.2, 0.25) is 0 Å². The molecule has 0 bridgehead atoms. The number of rotatable bonds is 2. The Kier molecular flexibility index (Phi) is 3.38. The highest BCUT2D eigenvalue weighted by Gasteiger charge is 2.36. The molecule has 4 nitrogen and oxygen atoms in total. The lowest BCUT2D eigenvalue weighted by molar-refractivity contribution is 0.0696. The Bertz CT molecular complexity index is 535. The molecule has 1 N–H and O–H groups in total. The Balaban J connectivity index is 1.97. The number of fused-ring (bicyclic) bond motifs is 1. The molecule has 2 atom stereocenters. The van der Waals surface area contributed by atoms with Gasteiger partial charge in [0.15, 0.2) is 0 Å². The van der Waals surface area contributed by atoms with Crippen LogP contribution in [0.5, 0.6) is 0 Å². The molecule has 2 aliphatic rings. The van der Waals surface area contributed by atoms with Crippen LogP contribution >= 0.6 is 0 Å². The maximum Gasteiger partial charge on any atom is 0.337 e. The maximum atomic E-state index is 14.2. The summed E-state index contributed by atoms with van der Waals surface area (Å²) in [5.74, 6) is -1.51. The summed E-state index contributed by atoms with van der Waals surface area (Å²) in [5, 5.41) is 9.29. The van der Waals surface area contributed by atoms with Gasteiger partial charge in [-0.2, -0.15) is 0 Å². The first-order chi connectivity index (χ1) is 9.58. The zero-order valence-corrected chi connectivity index (χ0v) is 11.6. The Morgan fingerprint density at radius 3 is 2.95 bits per heavy atom. The highest BCUT2D eigenvalue weighted by Crippen LogP contribution is 2.32. The summed E-state index contributed by atoms with van der Waals surface area (Å²) in [6.07, 6.45) is 2.29. The topological polar surface area (TPSA) is 43.8 Å². The monoisotopic (exact) mass is 278 g/mol. The van der Waals surface area contributed by atoms with Crippen LogP contribution in [-0.4, -0.2) is 47.7 Å². The molecule has 2 aliphatic heterocycles. The van der Waals surface area contributed by atoms with Crippen LogP contribution in [0.3, 0.4) is 0 Å². The maximum absolute atomic E-state index is 14.2. The predicted octanol–water partition coefficient (Wildman–Crippen LogP) is 2.20. The van der Waals surface area contributed by atoms with E-state index in [4.69, 9.17) is 0 Å². The molecule has 0 spiro atoms. The number of para-hydroxylation sites is 1.